The van der Waals surface area contributed by atoms with Crippen molar-refractivity contribution in [2.75, 3.05) is 0 Å². The average Bonchev–Trinajstić information content (AvgIpc) is 2.89. The van der Waals surface area contributed by atoms with Crippen molar-refractivity contribution in [3.05, 3.63) is 52.6 Å². The molecule has 2 aromatic rings. The lowest BCUT2D eigenvalue weighted by atomic mass is 10.2. The summed E-state index contributed by atoms with van der Waals surface area (Å²) in [6.45, 7) is -0.0597. The second-order valence-electron chi connectivity index (χ2n) is 3.30. The van der Waals surface area contributed by atoms with E-state index in [0.717, 1.165) is 0 Å². The van der Waals surface area contributed by atoms with Gasteiger partial charge in [0.25, 0.3) is 5.69 Å². The van der Waals surface area contributed by atoms with Crippen LogP contribution in [0.1, 0.15) is 10.4 Å². The van der Waals surface area contributed by atoms with Gasteiger partial charge < -0.3 is 4.74 Å². The van der Waals surface area contributed by atoms with Crippen LogP contribution in [-0.4, -0.2) is 25.7 Å². The standard InChI is InChI=1S/C10H8N4O4/c15-10(18-7-13-6-11-5-12-13)8-1-3-9(4-2-8)14(16)17/h1-6H,7H2. The molecule has 0 atom stereocenters. The lowest BCUT2D eigenvalue weighted by molar-refractivity contribution is -0.384. The van der Waals surface area contributed by atoms with Crippen LogP contribution in [0.5, 0.6) is 0 Å². The Morgan fingerprint density at radius 2 is 2.11 bits per heavy atom. The predicted octanol–water partition coefficient (Wildman–Crippen LogP) is 1.00. The third-order valence-corrected chi connectivity index (χ3v) is 2.11. The minimum absolute atomic E-state index is 0.0597. The molecule has 92 valence electrons. The zero-order valence-corrected chi connectivity index (χ0v) is 9.09. The number of rotatable bonds is 4. The number of hydrogen-bond donors (Lipinski definition) is 0. The Hall–Kier alpha value is -2.77. The molecular formula is C10H8N4O4. The fourth-order valence-electron chi connectivity index (χ4n) is 1.23. The van der Waals surface area contributed by atoms with Gasteiger partial charge in [-0.25, -0.2) is 14.5 Å². The molecule has 0 aliphatic carbocycles. The number of non-ortho nitro benzene ring substituents is 1. The fourth-order valence-corrected chi connectivity index (χ4v) is 1.23. The maximum absolute atomic E-state index is 11.6. The summed E-state index contributed by atoms with van der Waals surface area (Å²) in [4.78, 5) is 25.2. The normalized spacial score (nSPS) is 10.0. The van der Waals surface area contributed by atoms with Crippen molar-refractivity contribution >= 4 is 11.7 Å². The summed E-state index contributed by atoms with van der Waals surface area (Å²) >= 11 is 0. The number of esters is 1. The molecule has 8 heteroatoms. The molecule has 0 aliphatic rings. The first-order valence-corrected chi connectivity index (χ1v) is 4.91. The lowest BCUT2D eigenvalue weighted by Gasteiger charge is -2.03. The van der Waals surface area contributed by atoms with Crippen molar-refractivity contribution in [2.45, 2.75) is 6.73 Å². The molecule has 1 heterocycles. The van der Waals surface area contributed by atoms with E-state index < -0.39 is 10.9 Å². The van der Waals surface area contributed by atoms with E-state index in [2.05, 4.69) is 10.1 Å². The van der Waals surface area contributed by atoms with E-state index in [-0.39, 0.29) is 18.0 Å². The van der Waals surface area contributed by atoms with Gasteiger partial charge in [0.2, 0.25) is 0 Å². The summed E-state index contributed by atoms with van der Waals surface area (Å²) in [5.74, 6) is -0.583. The number of nitro benzene ring substituents is 1. The number of benzene rings is 1. The Kier molecular flexibility index (Phi) is 3.28. The van der Waals surface area contributed by atoms with Gasteiger partial charge >= 0.3 is 5.97 Å². The summed E-state index contributed by atoms with van der Waals surface area (Å²) in [5.41, 5.74) is 0.156. The van der Waals surface area contributed by atoms with E-state index in [4.69, 9.17) is 4.74 Å². The van der Waals surface area contributed by atoms with Crippen LogP contribution in [-0.2, 0) is 11.5 Å². The van der Waals surface area contributed by atoms with Crippen LogP contribution >= 0.6 is 0 Å². The maximum Gasteiger partial charge on any atom is 0.339 e. The van der Waals surface area contributed by atoms with E-state index in [1.807, 2.05) is 0 Å². The van der Waals surface area contributed by atoms with Crippen molar-refractivity contribution in [3.63, 3.8) is 0 Å². The first-order valence-electron chi connectivity index (χ1n) is 4.91. The second-order valence-corrected chi connectivity index (χ2v) is 3.30. The van der Waals surface area contributed by atoms with Crippen LogP contribution in [0.3, 0.4) is 0 Å². The first kappa shape index (κ1) is 11.7. The smallest absolute Gasteiger partial charge is 0.339 e. The number of carbonyl (C=O) groups is 1. The van der Waals surface area contributed by atoms with Gasteiger partial charge in [0.15, 0.2) is 6.73 Å². The van der Waals surface area contributed by atoms with Crippen molar-refractivity contribution in [1.82, 2.24) is 14.8 Å². The predicted molar refractivity (Wildman–Crippen MR) is 58.5 cm³/mol. The largest absolute Gasteiger partial charge is 0.439 e. The van der Waals surface area contributed by atoms with E-state index >= 15 is 0 Å². The van der Waals surface area contributed by atoms with Gasteiger partial charge in [0.1, 0.15) is 12.7 Å². The number of ether oxygens (including phenoxy) is 1. The Morgan fingerprint density at radius 1 is 1.39 bits per heavy atom. The number of hydrogen-bond acceptors (Lipinski definition) is 6. The third kappa shape index (κ3) is 2.67. The van der Waals surface area contributed by atoms with Crippen LogP contribution in [0, 0.1) is 10.1 Å². The molecule has 1 aromatic heterocycles. The molecule has 0 bridgehead atoms. The molecule has 0 saturated carbocycles. The number of nitro groups is 1. The molecule has 1 aromatic carbocycles. The third-order valence-electron chi connectivity index (χ3n) is 2.11. The van der Waals surface area contributed by atoms with Gasteiger partial charge in [-0.3, -0.25) is 10.1 Å². The highest BCUT2D eigenvalue weighted by atomic mass is 16.6. The van der Waals surface area contributed by atoms with E-state index in [9.17, 15) is 14.9 Å². The van der Waals surface area contributed by atoms with Crippen LogP contribution in [0.4, 0.5) is 5.69 Å². The summed E-state index contributed by atoms with van der Waals surface area (Å²) in [5, 5.41) is 14.2. The molecule has 18 heavy (non-hydrogen) atoms. The fraction of sp³-hybridized carbons (Fsp3) is 0.100. The molecule has 0 amide bonds. The summed E-state index contributed by atoms with van der Waals surface area (Å²) in [6, 6.07) is 5.15. The highest BCUT2D eigenvalue weighted by Crippen LogP contribution is 2.12. The Labute approximate surface area is 101 Å². The van der Waals surface area contributed by atoms with Crippen molar-refractivity contribution < 1.29 is 14.5 Å². The van der Waals surface area contributed by atoms with Crippen molar-refractivity contribution in [3.8, 4) is 0 Å². The second kappa shape index (κ2) is 5.04. The minimum Gasteiger partial charge on any atom is -0.439 e. The molecule has 2 rings (SSSR count). The molecule has 0 spiro atoms. The summed E-state index contributed by atoms with van der Waals surface area (Å²) in [7, 11) is 0. The number of carbonyl (C=O) groups excluding carboxylic acids is 1. The van der Waals surface area contributed by atoms with E-state index in [0.29, 0.717) is 0 Å². The topological polar surface area (TPSA) is 100 Å². The van der Waals surface area contributed by atoms with Gasteiger partial charge in [-0.1, -0.05) is 0 Å². The lowest BCUT2D eigenvalue weighted by Crippen LogP contribution is -2.10. The van der Waals surface area contributed by atoms with Crippen LogP contribution < -0.4 is 0 Å². The highest BCUT2D eigenvalue weighted by Gasteiger charge is 2.10. The summed E-state index contributed by atoms with van der Waals surface area (Å²) in [6.07, 6.45) is 2.73. The van der Waals surface area contributed by atoms with Gasteiger partial charge in [-0.15, -0.1) is 0 Å². The molecular weight excluding hydrogens is 240 g/mol. The minimum atomic E-state index is -0.583. The Bertz CT molecular complexity index is 550. The van der Waals surface area contributed by atoms with Gasteiger partial charge in [-0.05, 0) is 12.1 Å². The van der Waals surface area contributed by atoms with E-state index in [1.54, 1.807) is 0 Å². The van der Waals surface area contributed by atoms with Crippen LogP contribution in [0.2, 0.25) is 0 Å². The van der Waals surface area contributed by atoms with Gasteiger partial charge in [0.05, 0.1) is 10.5 Å². The molecule has 8 nitrogen and oxygen atoms in total. The molecule has 0 radical (unpaired) electrons. The van der Waals surface area contributed by atoms with E-state index in [1.165, 1.54) is 41.6 Å². The van der Waals surface area contributed by atoms with Crippen molar-refractivity contribution in [1.29, 1.82) is 0 Å². The van der Waals surface area contributed by atoms with Crippen LogP contribution in [0.15, 0.2) is 36.9 Å². The van der Waals surface area contributed by atoms with Crippen molar-refractivity contribution in [2.24, 2.45) is 0 Å². The molecule has 0 fully saturated rings. The maximum atomic E-state index is 11.6. The zero-order chi connectivity index (χ0) is 13.0. The van der Waals surface area contributed by atoms with Gasteiger partial charge in [0, 0.05) is 12.1 Å². The van der Waals surface area contributed by atoms with Crippen LogP contribution in [0.25, 0.3) is 0 Å². The molecule has 0 unspecified atom stereocenters. The highest BCUT2D eigenvalue weighted by molar-refractivity contribution is 5.89. The molecule has 0 N–H and O–H groups in total. The molecule has 0 aliphatic heterocycles. The number of aromatic nitrogens is 3. The van der Waals surface area contributed by atoms with Gasteiger partial charge in [-0.2, -0.15) is 5.10 Å². The average molecular weight is 248 g/mol. The Morgan fingerprint density at radius 3 is 2.67 bits per heavy atom. The molecule has 0 saturated heterocycles. The summed E-state index contributed by atoms with van der Waals surface area (Å²) < 4.78 is 6.26. The first-order chi connectivity index (χ1) is 8.66. The number of nitrogens with zero attached hydrogens (tertiary/aromatic N) is 4. The zero-order valence-electron chi connectivity index (χ0n) is 9.09. The monoisotopic (exact) mass is 248 g/mol. The SMILES string of the molecule is O=C(OCn1cncn1)c1ccc([N+](=O)[O-])cc1. The Balaban J connectivity index is 1.98. The quantitative estimate of drug-likeness (QED) is 0.454.